The van der Waals surface area contributed by atoms with Gasteiger partial charge in [0.1, 0.15) is 11.5 Å². The topological polar surface area (TPSA) is 44.2 Å². The second-order valence-corrected chi connectivity index (χ2v) is 6.00. The lowest BCUT2D eigenvalue weighted by atomic mass is 10.3. The molecule has 5 heteroatoms. The first-order valence-corrected chi connectivity index (χ1v) is 7.76. The fraction of sp³-hybridized carbons (Fsp3) is 0.176. The highest BCUT2D eigenvalue weighted by Crippen LogP contribution is 2.24. The van der Waals surface area contributed by atoms with Gasteiger partial charge in [-0.3, -0.25) is 0 Å². The molecule has 1 heterocycles. The monoisotopic (exact) mass is 358 g/mol. The Bertz CT molecular complexity index is 788. The van der Waals surface area contributed by atoms with Crippen LogP contribution in [-0.2, 0) is 0 Å². The van der Waals surface area contributed by atoms with E-state index in [1.54, 1.807) is 6.20 Å². The number of nitrogens with zero attached hydrogens (tertiary/aromatic N) is 2. The first-order valence-electron chi connectivity index (χ1n) is 6.97. The van der Waals surface area contributed by atoms with E-state index in [9.17, 15) is 0 Å². The van der Waals surface area contributed by atoms with Crippen LogP contribution in [0.2, 0.25) is 0 Å². The fourth-order valence-electron chi connectivity index (χ4n) is 2.00. The Morgan fingerprint density at radius 3 is 2.41 bits per heavy atom. The predicted octanol–water partition coefficient (Wildman–Crippen LogP) is 4.97. The van der Waals surface area contributed by atoms with Crippen molar-refractivity contribution >= 4 is 27.0 Å². The van der Waals surface area contributed by atoms with E-state index < -0.39 is 0 Å². The Balaban J connectivity index is 1.79. The van der Waals surface area contributed by atoms with E-state index in [1.807, 2.05) is 56.3 Å². The number of benzene rings is 2. The van der Waals surface area contributed by atoms with Crippen LogP contribution >= 0.6 is 15.9 Å². The van der Waals surface area contributed by atoms with Crippen LogP contribution in [0.5, 0.6) is 17.4 Å². The number of ether oxygens (including phenoxy) is 2. The van der Waals surface area contributed by atoms with Crippen molar-refractivity contribution in [3.63, 3.8) is 0 Å². The molecule has 0 bridgehead atoms. The van der Waals surface area contributed by atoms with Crippen LogP contribution < -0.4 is 9.47 Å². The van der Waals surface area contributed by atoms with Gasteiger partial charge in [0.2, 0.25) is 5.88 Å². The lowest BCUT2D eigenvalue weighted by Crippen LogP contribution is -2.05. The average Bonchev–Trinajstić information content (AvgIpc) is 2.49. The van der Waals surface area contributed by atoms with Crippen LogP contribution in [0.1, 0.15) is 13.8 Å². The maximum Gasteiger partial charge on any atom is 0.238 e. The van der Waals surface area contributed by atoms with Gasteiger partial charge < -0.3 is 9.47 Å². The van der Waals surface area contributed by atoms with Crippen molar-refractivity contribution in [2.24, 2.45) is 0 Å². The van der Waals surface area contributed by atoms with E-state index in [1.165, 1.54) is 0 Å². The van der Waals surface area contributed by atoms with Crippen LogP contribution in [-0.4, -0.2) is 16.1 Å². The van der Waals surface area contributed by atoms with Crippen LogP contribution in [0.15, 0.2) is 53.1 Å². The Labute approximate surface area is 137 Å². The number of hydrogen-bond acceptors (Lipinski definition) is 4. The van der Waals surface area contributed by atoms with Gasteiger partial charge in [-0.15, -0.1) is 0 Å². The van der Waals surface area contributed by atoms with Crippen molar-refractivity contribution in [1.29, 1.82) is 0 Å². The van der Waals surface area contributed by atoms with E-state index in [0.29, 0.717) is 11.6 Å². The third kappa shape index (κ3) is 3.54. The summed E-state index contributed by atoms with van der Waals surface area (Å²) in [5.74, 6) is 1.98. The summed E-state index contributed by atoms with van der Waals surface area (Å²) < 4.78 is 12.3. The Morgan fingerprint density at radius 2 is 1.68 bits per heavy atom. The van der Waals surface area contributed by atoms with Gasteiger partial charge >= 0.3 is 0 Å². The van der Waals surface area contributed by atoms with Crippen molar-refractivity contribution in [3.8, 4) is 17.4 Å². The molecule has 0 amide bonds. The molecule has 0 N–H and O–H groups in total. The first kappa shape index (κ1) is 14.8. The molecule has 0 aliphatic heterocycles. The maximum atomic E-state index is 5.74. The molecule has 22 heavy (non-hydrogen) atoms. The number of halogens is 1. The van der Waals surface area contributed by atoms with Crippen LogP contribution in [0.3, 0.4) is 0 Å². The second-order valence-electron chi connectivity index (χ2n) is 5.08. The highest BCUT2D eigenvalue weighted by atomic mass is 79.9. The number of fused-ring (bicyclic) bond motifs is 1. The Kier molecular flexibility index (Phi) is 4.24. The lowest BCUT2D eigenvalue weighted by Gasteiger charge is -2.10. The molecule has 2 aromatic carbocycles. The lowest BCUT2D eigenvalue weighted by molar-refractivity contribution is 0.242. The normalized spacial score (nSPS) is 10.9. The molecule has 0 unspecified atom stereocenters. The van der Waals surface area contributed by atoms with Gasteiger partial charge in [-0.2, -0.15) is 0 Å². The van der Waals surface area contributed by atoms with Crippen molar-refractivity contribution in [2.75, 3.05) is 0 Å². The summed E-state index contributed by atoms with van der Waals surface area (Å²) in [7, 11) is 0. The summed E-state index contributed by atoms with van der Waals surface area (Å²) in [6.45, 7) is 3.99. The summed E-state index contributed by atoms with van der Waals surface area (Å²) in [5.41, 5.74) is 1.61. The van der Waals surface area contributed by atoms with Crippen LogP contribution in [0, 0.1) is 0 Å². The highest BCUT2D eigenvalue weighted by Gasteiger charge is 2.04. The molecule has 0 saturated heterocycles. The predicted molar refractivity (Wildman–Crippen MR) is 89.5 cm³/mol. The van der Waals surface area contributed by atoms with Crippen LogP contribution in [0.4, 0.5) is 0 Å². The molecule has 0 aliphatic carbocycles. The molecule has 4 nitrogen and oxygen atoms in total. The number of rotatable bonds is 4. The molecule has 3 rings (SSSR count). The minimum Gasteiger partial charge on any atom is -0.491 e. The molecular formula is C17H15BrN2O2. The first-order chi connectivity index (χ1) is 10.6. The van der Waals surface area contributed by atoms with E-state index >= 15 is 0 Å². The van der Waals surface area contributed by atoms with Gasteiger partial charge in [0.05, 0.1) is 23.3 Å². The standard InChI is InChI=1S/C17H15BrN2O2/c1-11(2)21-13-4-6-14(7-5-13)22-17-10-19-16-9-12(18)3-8-15(16)20-17/h3-11H,1-2H3. The summed E-state index contributed by atoms with van der Waals surface area (Å²) >= 11 is 3.42. The minimum absolute atomic E-state index is 0.150. The highest BCUT2D eigenvalue weighted by molar-refractivity contribution is 9.10. The second kappa shape index (κ2) is 6.32. The number of aromatic nitrogens is 2. The molecule has 0 aliphatic rings. The molecule has 0 saturated carbocycles. The summed E-state index contributed by atoms with van der Waals surface area (Å²) in [4.78, 5) is 8.80. The molecular weight excluding hydrogens is 344 g/mol. The van der Waals surface area contributed by atoms with Crippen LogP contribution in [0.25, 0.3) is 11.0 Å². The molecule has 0 fully saturated rings. The zero-order chi connectivity index (χ0) is 15.5. The molecule has 0 atom stereocenters. The molecule has 112 valence electrons. The van der Waals surface area contributed by atoms with Gasteiger partial charge in [0.15, 0.2) is 0 Å². The minimum atomic E-state index is 0.150. The zero-order valence-corrected chi connectivity index (χ0v) is 13.9. The van der Waals surface area contributed by atoms with Crippen molar-refractivity contribution in [1.82, 2.24) is 9.97 Å². The quantitative estimate of drug-likeness (QED) is 0.660. The van der Waals surface area contributed by atoms with Gasteiger partial charge in [-0.1, -0.05) is 15.9 Å². The SMILES string of the molecule is CC(C)Oc1ccc(Oc2cnc3cc(Br)ccc3n2)cc1. The largest absolute Gasteiger partial charge is 0.491 e. The molecule has 3 aromatic rings. The van der Waals surface area contributed by atoms with E-state index in [2.05, 4.69) is 25.9 Å². The maximum absolute atomic E-state index is 5.74. The van der Waals surface area contributed by atoms with E-state index in [-0.39, 0.29) is 6.10 Å². The third-order valence-corrected chi connectivity index (χ3v) is 3.39. The summed E-state index contributed by atoms with van der Waals surface area (Å²) in [5, 5.41) is 0. The Hall–Kier alpha value is -2.14. The van der Waals surface area contributed by atoms with Crippen molar-refractivity contribution < 1.29 is 9.47 Å². The number of hydrogen-bond donors (Lipinski definition) is 0. The third-order valence-electron chi connectivity index (χ3n) is 2.90. The van der Waals surface area contributed by atoms with Gasteiger partial charge in [-0.05, 0) is 56.3 Å². The fourth-order valence-corrected chi connectivity index (χ4v) is 2.34. The smallest absolute Gasteiger partial charge is 0.238 e. The molecule has 0 radical (unpaired) electrons. The van der Waals surface area contributed by atoms with Crippen molar-refractivity contribution in [2.45, 2.75) is 20.0 Å². The van der Waals surface area contributed by atoms with Gasteiger partial charge in [0, 0.05) is 4.47 Å². The zero-order valence-electron chi connectivity index (χ0n) is 12.3. The summed E-state index contributed by atoms with van der Waals surface area (Å²) in [6, 6.07) is 13.2. The molecule has 0 spiro atoms. The molecule has 1 aromatic heterocycles. The summed E-state index contributed by atoms with van der Waals surface area (Å²) in [6.07, 6.45) is 1.77. The van der Waals surface area contributed by atoms with Crippen molar-refractivity contribution in [3.05, 3.63) is 53.1 Å². The van der Waals surface area contributed by atoms with E-state index in [0.717, 1.165) is 21.3 Å². The van der Waals surface area contributed by atoms with Gasteiger partial charge in [0.25, 0.3) is 0 Å². The average molecular weight is 359 g/mol. The van der Waals surface area contributed by atoms with Gasteiger partial charge in [-0.25, -0.2) is 9.97 Å². The Morgan fingerprint density at radius 1 is 0.955 bits per heavy atom. The van der Waals surface area contributed by atoms with E-state index in [4.69, 9.17) is 9.47 Å².